The van der Waals surface area contributed by atoms with Gasteiger partial charge in [0.1, 0.15) is 17.2 Å². The van der Waals surface area contributed by atoms with Crippen LogP contribution in [0.15, 0.2) is 47.3 Å². The summed E-state index contributed by atoms with van der Waals surface area (Å²) in [6, 6.07) is 12.9. The molecule has 146 valence electrons. The number of fused-ring (bicyclic) bond motifs is 1. The molecule has 0 atom stereocenters. The third-order valence-corrected chi connectivity index (χ3v) is 4.55. The maximum atomic E-state index is 12.5. The molecule has 1 heterocycles. The fraction of sp³-hybridized carbons (Fsp3) is 0.286. The summed E-state index contributed by atoms with van der Waals surface area (Å²) in [5.74, 6) is 1.18. The second-order valence-electron chi connectivity index (χ2n) is 6.35. The number of hydrogen-bond acceptors (Lipinski definition) is 5. The molecule has 1 aromatic heterocycles. The lowest BCUT2D eigenvalue weighted by molar-refractivity contribution is -0.121. The molecule has 0 saturated heterocycles. The molecule has 7 heteroatoms. The molecule has 0 unspecified atom stereocenters. The minimum atomic E-state index is -0.177. The molecule has 0 aliphatic heterocycles. The van der Waals surface area contributed by atoms with Crippen molar-refractivity contribution < 1.29 is 14.3 Å². The van der Waals surface area contributed by atoms with Crippen LogP contribution in [0.4, 0.5) is 0 Å². The lowest BCUT2D eigenvalue weighted by atomic mass is 10.2. The molecular weight excluding hydrogens is 358 g/mol. The normalized spacial score (nSPS) is 10.7. The van der Waals surface area contributed by atoms with Gasteiger partial charge in [0.25, 0.3) is 5.56 Å². The summed E-state index contributed by atoms with van der Waals surface area (Å²) in [6.45, 7) is 2.30. The first-order valence-electron chi connectivity index (χ1n) is 8.97. The summed E-state index contributed by atoms with van der Waals surface area (Å²) in [6.07, 6.45) is 0.186. The van der Waals surface area contributed by atoms with Gasteiger partial charge in [-0.1, -0.05) is 12.1 Å². The first kappa shape index (κ1) is 19.4. The highest BCUT2D eigenvalue weighted by atomic mass is 16.5. The summed E-state index contributed by atoms with van der Waals surface area (Å²) in [5, 5.41) is 2.87. The summed E-state index contributed by atoms with van der Waals surface area (Å²) in [4.78, 5) is 29.1. The van der Waals surface area contributed by atoms with Gasteiger partial charge in [0, 0.05) is 31.1 Å². The van der Waals surface area contributed by atoms with Gasteiger partial charge in [0.2, 0.25) is 5.91 Å². The lowest BCUT2D eigenvalue weighted by Gasteiger charge is -2.13. The van der Waals surface area contributed by atoms with Crippen molar-refractivity contribution in [3.8, 4) is 11.5 Å². The van der Waals surface area contributed by atoms with E-state index in [0.29, 0.717) is 23.7 Å². The van der Waals surface area contributed by atoms with E-state index >= 15 is 0 Å². The molecule has 0 spiro atoms. The van der Waals surface area contributed by atoms with Crippen LogP contribution in [0.1, 0.15) is 17.7 Å². The average Bonchev–Trinajstić information content (AvgIpc) is 2.72. The fourth-order valence-corrected chi connectivity index (χ4v) is 3.04. The van der Waals surface area contributed by atoms with E-state index in [2.05, 4.69) is 10.3 Å². The van der Waals surface area contributed by atoms with Gasteiger partial charge < -0.3 is 19.4 Å². The molecule has 0 bridgehead atoms. The van der Waals surface area contributed by atoms with Crippen LogP contribution in [0.25, 0.3) is 11.0 Å². The van der Waals surface area contributed by atoms with E-state index in [0.717, 1.165) is 16.6 Å². The molecule has 1 amide bonds. The number of nitrogens with one attached hydrogen (secondary N) is 1. The molecule has 2 aromatic carbocycles. The molecule has 7 nitrogen and oxygen atoms in total. The van der Waals surface area contributed by atoms with Crippen LogP contribution >= 0.6 is 0 Å². The van der Waals surface area contributed by atoms with Crippen LogP contribution in [0.5, 0.6) is 11.5 Å². The zero-order valence-corrected chi connectivity index (χ0v) is 16.2. The van der Waals surface area contributed by atoms with Crippen molar-refractivity contribution in [2.45, 2.75) is 26.4 Å². The van der Waals surface area contributed by atoms with Crippen LogP contribution in [0, 0.1) is 6.92 Å². The Morgan fingerprint density at radius 2 is 1.93 bits per heavy atom. The fourth-order valence-electron chi connectivity index (χ4n) is 3.04. The Morgan fingerprint density at radius 3 is 2.68 bits per heavy atom. The van der Waals surface area contributed by atoms with Crippen LogP contribution < -0.4 is 20.3 Å². The van der Waals surface area contributed by atoms with E-state index in [9.17, 15) is 9.59 Å². The second kappa shape index (κ2) is 8.56. The number of rotatable bonds is 7. The minimum absolute atomic E-state index is 0.150. The standard InChI is InChI=1S/C21H23N3O4/c1-14-21(26)24(18-7-5-4-6-17(18)23-14)11-10-20(25)22-13-15-8-9-16(27-2)12-19(15)28-3/h4-9,12H,10-11,13H2,1-3H3,(H,22,25). The van der Waals surface area contributed by atoms with Gasteiger partial charge in [-0.2, -0.15) is 0 Å². The van der Waals surface area contributed by atoms with Gasteiger partial charge in [0.15, 0.2) is 0 Å². The van der Waals surface area contributed by atoms with Gasteiger partial charge >= 0.3 is 0 Å². The largest absolute Gasteiger partial charge is 0.497 e. The van der Waals surface area contributed by atoms with Gasteiger partial charge in [-0.05, 0) is 31.2 Å². The molecule has 3 aromatic rings. The van der Waals surface area contributed by atoms with Gasteiger partial charge in [-0.3, -0.25) is 9.59 Å². The lowest BCUT2D eigenvalue weighted by Crippen LogP contribution is -2.29. The van der Waals surface area contributed by atoms with E-state index in [-0.39, 0.29) is 24.4 Å². The van der Waals surface area contributed by atoms with Gasteiger partial charge in [-0.15, -0.1) is 0 Å². The molecule has 28 heavy (non-hydrogen) atoms. The summed E-state index contributed by atoms with van der Waals surface area (Å²) >= 11 is 0. The quantitative estimate of drug-likeness (QED) is 0.680. The highest BCUT2D eigenvalue weighted by Gasteiger charge is 2.11. The van der Waals surface area contributed by atoms with E-state index in [4.69, 9.17) is 9.47 Å². The zero-order valence-electron chi connectivity index (χ0n) is 16.2. The topological polar surface area (TPSA) is 82.5 Å². The summed E-state index contributed by atoms with van der Waals surface area (Å²) < 4.78 is 12.1. The number of para-hydroxylation sites is 2. The predicted octanol–water partition coefficient (Wildman–Crippen LogP) is 2.43. The monoisotopic (exact) mass is 381 g/mol. The number of ether oxygens (including phenoxy) is 2. The number of benzene rings is 2. The van der Waals surface area contributed by atoms with Crippen molar-refractivity contribution in [3.05, 3.63) is 64.1 Å². The van der Waals surface area contributed by atoms with Crippen molar-refractivity contribution in [1.82, 2.24) is 14.9 Å². The number of methoxy groups -OCH3 is 2. The number of aryl methyl sites for hydroxylation is 2. The maximum Gasteiger partial charge on any atom is 0.272 e. The third kappa shape index (κ3) is 4.14. The van der Waals surface area contributed by atoms with E-state index in [1.807, 2.05) is 36.4 Å². The number of hydrogen-bond donors (Lipinski definition) is 1. The molecule has 0 saturated carbocycles. The maximum absolute atomic E-state index is 12.5. The molecule has 0 aliphatic rings. The van der Waals surface area contributed by atoms with Crippen LogP contribution in [-0.2, 0) is 17.9 Å². The van der Waals surface area contributed by atoms with Gasteiger partial charge in [0.05, 0.1) is 25.3 Å². The predicted molar refractivity (Wildman–Crippen MR) is 107 cm³/mol. The number of nitrogens with zero attached hydrogens (tertiary/aromatic N) is 2. The molecule has 0 fully saturated rings. The zero-order chi connectivity index (χ0) is 20.1. The highest BCUT2D eigenvalue weighted by Crippen LogP contribution is 2.24. The van der Waals surface area contributed by atoms with Crippen molar-refractivity contribution in [2.24, 2.45) is 0 Å². The van der Waals surface area contributed by atoms with E-state index in [1.54, 1.807) is 31.8 Å². The van der Waals surface area contributed by atoms with Crippen molar-refractivity contribution >= 4 is 16.9 Å². The SMILES string of the molecule is COc1ccc(CNC(=O)CCn2c(=O)c(C)nc3ccccc32)c(OC)c1. The Labute approximate surface area is 162 Å². The number of amides is 1. The molecule has 1 N–H and O–H groups in total. The highest BCUT2D eigenvalue weighted by molar-refractivity contribution is 5.77. The van der Waals surface area contributed by atoms with Crippen molar-refractivity contribution in [2.75, 3.05) is 14.2 Å². The van der Waals surface area contributed by atoms with Crippen molar-refractivity contribution in [3.63, 3.8) is 0 Å². The van der Waals surface area contributed by atoms with Gasteiger partial charge in [-0.25, -0.2) is 4.98 Å². The van der Waals surface area contributed by atoms with E-state index < -0.39 is 0 Å². The minimum Gasteiger partial charge on any atom is -0.497 e. The van der Waals surface area contributed by atoms with Crippen molar-refractivity contribution in [1.29, 1.82) is 0 Å². The summed E-state index contributed by atoms with van der Waals surface area (Å²) in [5.41, 5.74) is 2.55. The Morgan fingerprint density at radius 1 is 1.14 bits per heavy atom. The first-order chi connectivity index (χ1) is 13.5. The first-order valence-corrected chi connectivity index (χ1v) is 8.97. The number of carbonyl (C=O) groups excluding carboxylic acids is 1. The Hall–Kier alpha value is -3.35. The Balaban J connectivity index is 1.68. The molecule has 3 rings (SSSR count). The van der Waals surface area contributed by atoms with Crippen LogP contribution in [0.3, 0.4) is 0 Å². The molecule has 0 radical (unpaired) electrons. The third-order valence-electron chi connectivity index (χ3n) is 4.55. The smallest absolute Gasteiger partial charge is 0.272 e. The average molecular weight is 381 g/mol. The van der Waals surface area contributed by atoms with Crippen LogP contribution in [-0.4, -0.2) is 29.7 Å². The molecule has 0 aliphatic carbocycles. The van der Waals surface area contributed by atoms with Crippen LogP contribution in [0.2, 0.25) is 0 Å². The Bertz CT molecular complexity index is 1060. The number of carbonyl (C=O) groups is 1. The number of aromatic nitrogens is 2. The Kier molecular flexibility index (Phi) is 5.93. The van der Waals surface area contributed by atoms with E-state index in [1.165, 1.54) is 0 Å². The second-order valence-corrected chi connectivity index (χ2v) is 6.35. The summed E-state index contributed by atoms with van der Waals surface area (Å²) in [7, 11) is 3.16. The molecular formula is C21H23N3O4.